The fraction of sp³-hybridized carbons (Fsp3) is 0.464. The molecule has 0 aliphatic heterocycles. The van der Waals surface area contributed by atoms with Gasteiger partial charge in [0.25, 0.3) is 0 Å². The number of carbonyl (C=O) groups is 1. The Balaban J connectivity index is 2.53. The first-order valence-electron chi connectivity index (χ1n) is 11.4. The molecule has 0 bridgehead atoms. The maximum Gasteiger partial charge on any atom is 0.308 e. The Hall–Kier alpha value is -2.75. The number of rotatable bonds is 12. The molecule has 0 spiro atoms. The summed E-state index contributed by atoms with van der Waals surface area (Å²) in [6, 6.07) is 2.69. The SMILES string of the molecule is CC(=O)Oc1c(O)cc(O)cc1C/C=C(\C)CC/C=C(\C)CC/C=C(\C)CCC=C(C)C. The molecule has 0 saturated heterocycles. The molecular weight excluding hydrogens is 400 g/mol. The van der Waals surface area contributed by atoms with Crippen LogP contribution in [0.1, 0.15) is 85.6 Å². The minimum atomic E-state index is -0.508. The molecule has 0 aliphatic carbocycles. The second-order valence-corrected chi connectivity index (χ2v) is 8.80. The molecule has 0 amide bonds. The van der Waals surface area contributed by atoms with Crippen molar-refractivity contribution in [3.63, 3.8) is 0 Å². The number of carbonyl (C=O) groups excluding carboxylic acids is 1. The molecule has 176 valence electrons. The highest BCUT2D eigenvalue weighted by molar-refractivity contribution is 5.71. The van der Waals surface area contributed by atoms with Crippen molar-refractivity contribution in [2.75, 3.05) is 0 Å². The summed E-state index contributed by atoms with van der Waals surface area (Å²) < 4.78 is 5.12. The maximum absolute atomic E-state index is 11.3. The van der Waals surface area contributed by atoms with Gasteiger partial charge in [0, 0.05) is 18.6 Å². The van der Waals surface area contributed by atoms with Gasteiger partial charge in [0.1, 0.15) is 5.75 Å². The standard InChI is InChI=1S/C28H40O4/c1-20(2)10-7-11-21(3)12-8-13-22(4)14-9-15-23(5)16-17-25-18-26(30)19-27(31)28(25)32-24(6)29/h10,12,14,16,18-19,30-31H,7-9,11,13,15,17H2,1-6H3/b21-12+,22-14+,23-16+. The van der Waals surface area contributed by atoms with Gasteiger partial charge < -0.3 is 14.9 Å². The summed E-state index contributed by atoms with van der Waals surface area (Å²) in [4.78, 5) is 11.3. The van der Waals surface area contributed by atoms with Crippen molar-refractivity contribution in [3.8, 4) is 17.2 Å². The van der Waals surface area contributed by atoms with Gasteiger partial charge in [-0.05, 0) is 85.6 Å². The first-order chi connectivity index (χ1) is 15.1. The van der Waals surface area contributed by atoms with Crippen molar-refractivity contribution >= 4 is 5.97 Å². The summed E-state index contributed by atoms with van der Waals surface area (Å²) in [6.07, 6.45) is 15.8. The first kappa shape index (κ1) is 27.3. The van der Waals surface area contributed by atoms with Crippen LogP contribution in [0.4, 0.5) is 0 Å². The first-order valence-corrected chi connectivity index (χ1v) is 11.4. The van der Waals surface area contributed by atoms with Crippen LogP contribution in [0.25, 0.3) is 0 Å². The molecule has 4 heteroatoms. The topological polar surface area (TPSA) is 66.8 Å². The molecule has 1 rings (SSSR count). The number of hydrogen-bond donors (Lipinski definition) is 2. The predicted molar refractivity (Wildman–Crippen MR) is 133 cm³/mol. The summed E-state index contributed by atoms with van der Waals surface area (Å²) in [5.74, 6) is -0.689. The Bertz CT molecular complexity index is 881. The molecule has 0 aromatic heterocycles. The lowest BCUT2D eigenvalue weighted by Gasteiger charge is -2.10. The number of hydrogen-bond acceptors (Lipinski definition) is 4. The average Bonchev–Trinajstić information content (AvgIpc) is 2.68. The summed E-state index contributed by atoms with van der Waals surface area (Å²) in [5, 5.41) is 19.7. The zero-order valence-electron chi connectivity index (χ0n) is 20.6. The lowest BCUT2D eigenvalue weighted by Crippen LogP contribution is -2.04. The number of allylic oxidation sites excluding steroid dienone is 8. The summed E-state index contributed by atoms with van der Waals surface area (Å²) in [6.45, 7) is 12.0. The van der Waals surface area contributed by atoms with E-state index in [1.54, 1.807) is 0 Å². The van der Waals surface area contributed by atoms with E-state index in [1.807, 2.05) is 6.08 Å². The van der Waals surface area contributed by atoms with Crippen molar-refractivity contribution in [2.45, 2.75) is 86.5 Å². The molecule has 4 nitrogen and oxygen atoms in total. The normalized spacial score (nSPS) is 12.6. The van der Waals surface area contributed by atoms with E-state index in [0.29, 0.717) is 12.0 Å². The molecule has 1 aromatic carbocycles. The molecule has 0 radical (unpaired) electrons. The number of esters is 1. The van der Waals surface area contributed by atoms with E-state index >= 15 is 0 Å². The highest BCUT2D eigenvalue weighted by Gasteiger charge is 2.13. The van der Waals surface area contributed by atoms with E-state index in [4.69, 9.17) is 4.74 Å². The predicted octanol–water partition coefficient (Wildman–Crippen LogP) is 7.71. The molecule has 0 atom stereocenters. The number of benzene rings is 1. The van der Waals surface area contributed by atoms with Crippen molar-refractivity contribution in [2.24, 2.45) is 0 Å². The van der Waals surface area contributed by atoms with Crippen LogP contribution in [-0.4, -0.2) is 16.2 Å². The molecule has 0 heterocycles. The second-order valence-electron chi connectivity index (χ2n) is 8.80. The highest BCUT2D eigenvalue weighted by atomic mass is 16.5. The molecule has 0 unspecified atom stereocenters. The lowest BCUT2D eigenvalue weighted by molar-refractivity contribution is -0.132. The molecule has 1 aromatic rings. The van der Waals surface area contributed by atoms with Crippen molar-refractivity contribution in [3.05, 3.63) is 64.3 Å². The van der Waals surface area contributed by atoms with Crippen LogP contribution < -0.4 is 4.74 Å². The van der Waals surface area contributed by atoms with E-state index in [0.717, 1.165) is 38.5 Å². The quantitative estimate of drug-likeness (QED) is 0.198. The molecule has 32 heavy (non-hydrogen) atoms. The lowest BCUT2D eigenvalue weighted by atomic mass is 10.0. The fourth-order valence-corrected chi connectivity index (χ4v) is 3.34. The van der Waals surface area contributed by atoms with Gasteiger partial charge in [-0.25, -0.2) is 0 Å². The van der Waals surface area contributed by atoms with Gasteiger partial charge in [0.15, 0.2) is 11.5 Å². The zero-order valence-corrected chi connectivity index (χ0v) is 20.6. The van der Waals surface area contributed by atoms with Crippen LogP contribution >= 0.6 is 0 Å². The largest absolute Gasteiger partial charge is 0.508 e. The number of phenols is 2. The van der Waals surface area contributed by atoms with Gasteiger partial charge in [0.05, 0.1) is 0 Å². The van der Waals surface area contributed by atoms with Gasteiger partial charge in [-0.15, -0.1) is 0 Å². The Kier molecular flexibility index (Phi) is 12.2. The highest BCUT2D eigenvalue weighted by Crippen LogP contribution is 2.35. The monoisotopic (exact) mass is 440 g/mol. The van der Waals surface area contributed by atoms with Crippen LogP contribution in [0, 0.1) is 0 Å². The van der Waals surface area contributed by atoms with E-state index in [1.165, 1.54) is 41.3 Å². The van der Waals surface area contributed by atoms with E-state index in [2.05, 4.69) is 52.8 Å². The number of ether oxygens (including phenoxy) is 1. The minimum absolute atomic E-state index is 0.0563. The molecule has 0 saturated carbocycles. The zero-order chi connectivity index (χ0) is 24.1. The van der Waals surface area contributed by atoms with Gasteiger partial charge in [-0.2, -0.15) is 0 Å². The summed E-state index contributed by atoms with van der Waals surface area (Å²) in [5.41, 5.74) is 6.03. The van der Waals surface area contributed by atoms with E-state index in [-0.39, 0.29) is 17.2 Å². The Labute approximate surface area is 194 Å². The third-order valence-electron chi connectivity index (χ3n) is 5.20. The third kappa shape index (κ3) is 11.6. The van der Waals surface area contributed by atoms with Gasteiger partial charge >= 0.3 is 5.97 Å². The smallest absolute Gasteiger partial charge is 0.308 e. The molecule has 0 fully saturated rings. The second kappa shape index (κ2) is 14.3. The van der Waals surface area contributed by atoms with E-state index < -0.39 is 5.97 Å². The Morgan fingerprint density at radius 1 is 0.781 bits per heavy atom. The number of aromatic hydroxyl groups is 2. The third-order valence-corrected chi connectivity index (χ3v) is 5.20. The fourth-order valence-electron chi connectivity index (χ4n) is 3.34. The summed E-state index contributed by atoms with van der Waals surface area (Å²) in [7, 11) is 0. The van der Waals surface area contributed by atoms with Crippen molar-refractivity contribution < 1.29 is 19.7 Å². The average molecular weight is 441 g/mol. The van der Waals surface area contributed by atoms with Crippen LogP contribution in [0.5, 0.6) is 17.2 Å². The summed E-state index contributed by atoms with van der Waals surface area (Å²) >= 11 is 0. The van der Waals surface area contributed by atoms with Crippen LogP contribution in [0.2, 0.25) is 0 Å². The van der Waals surface area contributed by atoms with Gasteiger partial charge in [-0.3, -0.25) is 4.79 Å². The maximum atomic E-state index is 11.3. The molecule has 2 N–H and O–H groups in total. The van der Waals surface area contributed by atoms with Gasteiger partial charge in [-0.1, -0.05) is 46.6 Å². The van der Waals surface area contributed by atoms with Crippen LogP contribution in [0.15, 0.2) is 58.7 Å². The van der Waals surface area contributed by atoms with Crippen LogP contribution in [0.3, 0.4) is 0 Å². The molecular formula is C28H40O4. The number of phenolic OH excluding ortho intramolecular Hbond substituents is 2. The van der Waals surface area contributed by atoms with Gasteiger partial charge in [0.2, 0.25) is 0 Å². The minimum Gasteiger partial charge on any atom is -0.508 e. The van der Waals surface area contributed by atoms with Crippen molar-refractivity contribution in [1.29, 1.82) is 0 Å². The van der Waals surface area contributed by atoms with Crippen LogP contribution in [-0.2, 0) is 11.2 Å². The van der Waals surface area contributed by atoms with E-state index in [9.17, 15) is 15.0 Å². The van der Waals surface area contributed by atoms with Crippen molar-refractivity contribution in [1.82, 2.24) is 0 Å². The Morgan fingerprint density at radius 2 is 1.28 bits per heavy atom. The molecule has 0 aliphatic rings. The Morgan fingerprint density at radius 3 is 1.78 bits per heavy atom.